The quantitative estimate of drug-likeness (QED) is 0.356. The van der Waals surface area contributed by atoms with Crippen LogP contribution in [0.1, 0.15) is 80.3 Å². The van der Waals surface area contributed by atoms with Crippen molar-refractivity contribution >= 4 is 39.6 Å². The molecule has 12 heteroatoms. The summed E-state index contributed by atoms with van der Waals surface area (Å²) in [7, 11) is -1.45. The zero-order valence-corrected chi connectivity index (χ0v) is 27.8. The number of ether oxygens (including phenoxy) is 1. The minimum atomic E-state index is -3.09. The predicted molar refractivity (Wildman–Crippen MR) is 177 cm³/mol. The van der Waals surface area contributed by atoms with Gasteiger partial charge in [0.15, 0.2) is 0 Å². The standard InChI is InChI=1S/C34H43N5O6S/c1-20-17-37(18-21(2)39(20)22(3)40)34(42)35-26-14-25-15-27(45-4)11-13-28(25)32-31(23-8-6-5-7-9-23)29-12-10-24(33(41)36-46(43)44)16-30(29)38(32)19-26/h10-13,15-16,20-21,23,26,46H,5-9,14,17-19H2,1-4H3,(H,35,42)(H,36,41,43,44)/t20-,21+,26?. The van der Waals surface area contributed by atoms with Crippen LogP contribution in [0, 0.1) is 0 Å². The lowest BCUT2D eigenvalue weighted by molar-refractivity contribution is -0.135. The molecule has 1 aromatic heterocycles. The predicted octanol–water partition coefficient (Wildman–Crippen LogP) is 4.20. The number of carbonyl (C=O) groups excluding carboxylic acids is 3. The first-order valence-corrected chi connectivity index (χ1v) is 17.4. The van der Waals surface area contributed by atoms with E-state index in [0.29, 0.717) is 32.0 Å². The van der Waals surface area contributed by atoms with E-state index in [1.54, 1.807) is 31.1 Å². The molecule has 2 N–H and O–H groups in total. The van der Waals surface area contributed by atoms with Crippen LogP contribution in [0.15, 0.2) is 36.4 Å². The average molecular weight is 650 g/mol. The minimum absolute atomic E-state index is 0.00494. The van der Waals surface area contributed by atoms with E-state index in [2.05, 4.69) is 16.0 Å². The molecule has 2 aromatic carbocycles. The third kappa shape index (κ3) is 6.06. The SMILES string of the molecule is COc1ccc2c(c1)CC(NC(=O)N1C[C@@H](C)N(C(C)=O)[C@@H](C)C1)Cn1c-2c(C2CCCCC2)c2ccc(C(=O)N[SH](=O)=O)cc21. The molecule has 0 spiro atoms. The summed E-state index contributed by atoms with van der Waals surface area (Å²) in [6.45, 7) is 6.84. The lowest BCUT2D eigenvalue weighted by atomic mass is 9.81. The Hall–Kier alpha value is -4.06. The molecule has 0 radical (unpaired) electrons. The van der Waals surface area contributed by atoms with Crippen molar-refractivity contribution in [1.29, 1.82) is 0 Å². The number of hydrogen-bond donors (Lipinski definition) is 3. The van der Waals surface area contributed by atoms with Crippen molar-refractivity contribution in [1.82, 2.24) is 24.4 Å². The largest absolute Gasteiger partial charge is 0.497 e. The van der Waals surface area contributed by atoms with Crippen molar-refractivity contribution in [2.45, 2.75) is 89.9 Å². The molecule has 46 heavy (non-hydrogen) atoms. The van der Waals surface area contributed by atoms with Crippen LogP contribution in [-0.4, -0.2) is 79.0 Å². The summed E-state index contributed by atoms with van der Waals surface area (Å²) in [4.78, 5) is 42.5. The van der Waals surface area contributed by atoms with Gasteiger partial charge in [0, 0.05) is 60.7 Å². The Morgan fingerprint density at radius 2 is 1.65 bits per heavy atom. The molecule has 4 amide bonds. The summed E-state index contributed by atoms with van der Waals surface area (Å²) in [6, 6.07) is 10.9. The summed E-state index contributed by atoms with van der Waals surface area (Å²) in [5, 5.41) is 4.36. The van der Waals surface area contributed by atoms with E-state index in [1.807, 2.05) is 41.7 Å². The van der Waals surface area contributed by atoms with E-state index in [4.69, 9.17) is 4.74 Å². The third-order valence-corrected chi connectivity index (χ3v) is 10.3. The molecule has 2 fully saturated rings. The number of amides is 4. The minimum Gasteiger partial charge on any atom is -0.497 e. The van der Waals surface area contributed by atoms with Gasteiger partial charge in [-0.15, -0.1) is 0 Å². The lowest BCUT2D eigenvalue weighted by Gasteiger charge is -2.44. The molecule has 246 valence electrons. The third-order valence-electron chi connectivity index (χ3n) is 9.91. The zero-order chi connectivity index (χ0) is 32.7. The number of methoxy groups -OCH3 is 1. The van der Waals surface area contributed by atoms with Crippen molar-refractivity contribution in [3.05, 3.63) is 53.1 Å². The number of aromatic nitrogens is 1. The molecule has 2 aliphatic heterocycles. The number of piperazine rings is 1. The molecule has 3 aliphatic rings. The number of thiol groups is 1. The fraction of sp³-hybridized carbons (Fsp3) is 0.500. The van der Waals surface area contributed by atoms with Crippen molar-refractivity contribution < 1.29 is 27.5 Å². The van der Waals surface area contributed by atoms with E-state index in [-0.39, 0.29) is 35.6 Å². The second-order valence-electron chi connectivity index (χ2n) is 13.0. The summed E-state index contributed by atoms with van der Waals surface area (Å²) in [6.07, 6.45) is 6.22. The van der Waals surface area contributed by atoms with Crippen LogP contribution >= 0.6 is 0 Å². The van der Waals surface area contributed by atoms with Crippen molar-refractivity contribution in [2.75, 3.05) is 20.2 Å². The van der Waals surface area contributed by atoms with Gasteiger partial charge in [0.1, 0.15) is 5.75 Å². The van der Waals surface area contributed by atoms with Crippen molar-refractivity contribution in [2.24, 2.45) is 0 Å². The maximum atomic E-state index is 13.8. The summed E-state index contributed by atoms with van der Waals surface area (Å²) >= 11 is 0. The fourth-order valence-corrected chi connectivity index (χ4v) is 8.36. The van der Waals surface area contributed by atoms with E-state index < -0.39 is 16.8 Å². The number of hydrogen-bond acceptors (Lipinski definition) is 6. The first kappa shape index (κ1) is 31.9. The zero-order valence-electron chi connectivity index (χ0n) is 26.9. The molecule has 1 saturated carbocycles. The van der Waals surface area contributed by atoms with E-state index in [0.717, 1.165) is 59.2 Å². The van der Waals surface area contributed by atoms with Gasteiger partial charge in [0.05, 0.1) is 18.8 Å². The Morgan fingerprint density at radius 3 is 2.30 bits per heavy atom. The molecular weight excluding hydrogens is 606 g/mol. The fourth-order valence-electron chi connectivity index (χ4n) is 8.07. The normalized spacial score (nSPS) is 21.8. The average Bonchev–Trinajstić information content (AvgIpc) is 3.24. The second kappa shape index (κ2) is 13.0. The molecule has 1 unspecified atom stereocenters. The lowest BCUT2D eigenvalue weighted by Crippen LogP contribution is -2.61. The molecule has 3 heterocycles. The van der Waals surface area contributed by atoms with E-state index in [1.165, 1.54) is 12.0 Å². The Labute approximate surface area is 271 Å². The Morgan fingerprint density at radius 1 is 0.935 bits per heavy atom. The molecule has 1 aliphatic carbocycles. The molecule has 1 saturated heterocycles. The number of benzene rings is 2. The van der Waals surface area contributed by atoms with Gasteiger partial charge in [-0.2, -0.15) is 0 Å². The molecule has 3 aromatic rings. The van der Waals surface area contributed by atoms with Gasteiger partial charge in [0.25, 0.3) is 5.91 Å². The van der Waals surface area contributed by atoms with E-state index in [9.17, 15) is 22.8 Å². The topological polar surface area (TPSA) is 130 Å². The van der Waals surface area contributed by atoms with Gasteiger partial charge in [0.2, 0.25) is 16.8 Å². The number of nitrogens with one attached hydrogen (secondary N) is 2. The van der Waals surface area contributed by atoms with Gasteiger partial charge in [-0.3, -0.25) is 14.3 Å². The van der Waals surface area contributed by atoms with Crippen LogP contribution in [0.4, 0.5) is 4.79 Å². The first-order chi connectivity index (χ1) is 22.0. The Bertz CT molecular complexity index is 1740. The van der Waals surface area contributed by atoms with Crippen molar-refractivity contribution in [3.63, 3.8) is 0 Å². The van der Waals surface area contributed by atoms with E-state index >= 15 is 0 Å². The number of fused-ring (bicyclic) bond motifs is 5. The van der Waals surface area contributed by atoms with Gasteiger partial charge < -0.3 is 24.4 Å². The maximum absolute atomic E-state index is 13.8. The van der Waals surface area contributed by atoms with Gasteiger partial charge in [-0.05, 0) is 80.5 Å². The second-order valence-corrected chi connectivity index (χ2v) is 13.8. The summed E-state index contributed by atoms with van der Waals surface area (Å²) in [5.74, 6) is 0.404. The molecule has 0 bridgehead atoms. The Kier molecular flexibility index (Phi) is 9.00. The smallest absolute Gasteiger partial charge is 0.317 e. The molecule has 3 atom stereocenters. The number of rotatable bonds is 5. The highest BCUT2D eigenvalue weighted by atomic mass is 32.2. The van der Waals surface area contributed by atoms with Crippen LogP contribution in [0.2, 0.25) is 0 Å². The van der Waals surface area contributed by atoms with Crippen LogP contribution in [0.25, 0.3) is 22.2 Å². The van der Waals surface area contributed by atoms with Crippen LogP contribution in [0.3, 0.4) is 0 Å². The highest BCUT2D eigenvalue weighted by molar-refractivity contribution is 7.71. The summed E-state index contributed by atoms with van der Waals surface area (Å²) < 4.78 is 32.5. The van der Waals surface area contributed by atoms with Gasteiger partial charge >= 0.3 is 6.03 Å². The van der Waals surface area contributed by atoms with Gasteiger partial charge in [-0.1, -0.05) is 25.3 Å². The number of carbonyl (C=O) groups is 3. The number of urea groups is 1. The highest BCUT2D eigenvalue weighted by Crippen LogP contribution is 2.46. The number of nitrogens with zero attached hydrogens (tertiary/aromatic N) is 3. The van der Waals surface area contributed by atoms with Crippen molar-refractivity contribution in [3.8, 4) is 17.0 Å². The molecule has 6 rings (SSSR count). The maximum Gasteiger partial charge on any atom is 0.317 e. The van der Waals surface area contributed by atoms with Gasteiger partial charge in [-0.25, -0.2) is 13.2 Å². The molecular formula is C34H43N5O6S. The van der Waals surface area contributed by atoms with Crippen LogP contribution in [0.5, 0.6) is 5.75 Å². The monoisotopic (exact) mass is 649 g/mol. The highest BCUT2D eigenvalue weighted by Gasteiger charge is 2.36. The first-order valence-electron chi connectivity index (χ1n) is 16.2. The Balaban J connectivity index is 1.45. The summed E-state index contributed by atoms with van der Waals surface area (Å²) in [5.41, 5.74) is 5.56. The van der Waals surface area contributed by atoms with Crippen LogP contribution < -0.4 is 14.8 Å². The molecule has 11 nitrogen and oxygen atoms in total. The van der Waals surface area contributed by atoms with Crippen LogP contribution in [-0.2, 0) is 28.7 Å².